The summed E-state index contributed by atoms with van der Waals surface area (Å²) in [5.74, 6) is -2.89. The van der Waals surface area contributed by atoms with Gasteiger partial charge in [-0.15, -0.1) is 0 Å². The molecule has 0 saturated heterocycles. The summed E-state index contributed by atoms with van der Waals surface area (Å²) < 4.78 is 0. The largest absolute Gasteiger partial charge is 2.00 e. The summed E-state index contributed by atoms with van der Waals surface area (Å²) >= 11 is 0. The van der Waals surface area contributed by atoms with Gasteiger partial charge in [0, 0.05) is 24.2 Å². The van der Waals surface area contributed by atoms with Gasteiger partial charge in [-0.05, 0) is 29.3 Å². The Labute approximate surface area is 224 Å². The first-order valence-corrected chi connectivity index (χ1v) is 11.1. The van der Waals surface area contributed by atoms with Gasteiger partial charge in [0.15, 0.2) is 0 Å². The molecule has 0 aliphatic rings. The van der Waals surface area contributed by atoms with Crippen molar-refractivity contribution in [3.63, 3.8) is 0 Å². The quantitative estimate of drug-likeness (QED) is 0.126. The Morgan fingerprint density at radius 3 is 1.57 bits per heavy atom. The molecule has 0 aliphatic carbocycles. The Balaban J connectivity index is 0.00000684. The van der Waals surface area contributed by atoms with Crippen LogP contribution >= 0.6 is 0 Å². The monoisotopic (exact) mass is 564 g/mol. The molecule has 0 bridgehead atoms. The molecule has 204 valence electrons. The average molecular weight is 564 g/mol. The van der Waals surface area contributed by atoms with Gasteiger partial charge in [0.05, 0.1) is 51.6 Å². The number of aliphatic hydroxyl groups is 4. The first-order chi connectivity index (χ1) is 17.1. The predicted molar refractivity (Wildman–Crippen MR) is 126 cm³/mol. The van der Waals surface area contributed by atoms with Crippen LogP contribution in [0.25, 0.3) is 0 Å². The van der Waals surface area contributed by atoms with Gasteiger partial charge in [-0.25, -0.2) is 0 Å². The van der Waals surface area contributed by atoms with E-state index in [0.717, 1.165) is 0 Å². The molecule has 0 aliphatic heterocycles. The van der Waals surface area contributed by atoms with Gasteiger partial charge in [-0.3, -0.25) is 19.4 Å². The Morgan fingerprint density at radius 2 is 1.14 bits per heavy atom. The third-order valence-corrected chi connectivity index (χ3v) is 5.84. The molecule has 13 heteroatoms. The van der Waals surface area contributed by atoms with E-state index in [0.29, 0.717) is 16.7 Å². The molecule has 0 heterocycles. The van der Waals surface area contributed by atoms with Gasteiger partial charge in [-0.1, -0.05) is 18.2 Å². The van der Waals surface area contributed by atoms with Crippen molar-refractivity contribution in [2.24, 2.45) is 0 Å². The molecular formula is C24H32FeN2O10+2. The summed E-state index contributed by atoms with van der Waals surface area (Å²) in [5, 5.41) is 78.7. The molecule has 0 amide bonds. The summed E-state index contributed by atoms with van der Waals surface area (Å²) in [6.07, 6.45) is 0. The molecular weight excluding hydrogens is 532 g/mol. The molecule has 1 unspecified atom stereocenters. The van der Waals surface area contributed by atoms with Gasteiger partial charge < -0.3 is 40.9 Å². The third kappa shape index (κ3) is 9.25. The summed E-state index contributed by atoms with van der Waals surface area (Å²) in [7, 11) is 0. The Hall–Kier alpha value is -2.74. The number of carboxylic acid groups (broad SMARTS) is 2. The van der Waals surface area contributed by atoms with Crippen LogP contribution in [0.15, 0.2) is 36.4 Å². The molecule has 0 aromatic heterocycles. The second kappa shape index (κ2) is 15.5. The van der Waals surface area contributed by atoms with Crippen molar-refractivity contribution in [2.45, 2.75) is 38.4 Å². The normalized spacial score (nSPS) is 12.8. The number of aliphatic hydroxyl groups excluding tert-OH is 4. The Kier molecular flexibility index (Phi) is 13.5. The fraction of sp³-hybridized carbons (Fsp3) is 0.417. The molecule has 2 rings (SSSR count). The summed E-state index contributed by atoms with van der Waals surface area (Å²) in [6, 6.07) is 6.47. The maximum atomic E-state index is 11.6. The second-order valence-electron chi connectivity index (χ2n) is 8.34. The second-order valence-corrected chi connectivity index (χ2v) is 8.34. The van der Waals surface area contributed by atoms with Gasteiger partial charge >= 0.3 is 29.0 Å². The number of nitrogens with zero attached hydrogens (tertiary/aromatic N) is 2. The fourth-order valence-electron chi connectivity index (χ4n) is 4.03. The predicted octanol–water partition coefficient (Wildman–Crippen LogP) is -0.725. The summed E-state index contributed by atoms with van der Waals surface area (Å²) in [5.41, 5.74) is 1.46. The van der Waals surface area contributed by atoms with E-state index in [1.165, 1.54) is 40.1 Å². The van der Waals surface area contributed by atoms with E-state index in [-0.39, 0.29) is 60.4 Å². The first-order valence-electron chi connectivity index (χ1n) is 11.1. The van der Waals surface area contributed by atoms with Crippen molar-refractivity contribution < 1.29 is 67.5 Å². The van der Waals surface area contributed by atoms with Crippen molar-refractivity contribution in [1.82, 2.24) is 9.80 Å². The standard InChI is InChI=1S/C24H32N2O10.Fe/c27-11-15-2-4-21(31)18(5-15)8-26(10-24(35)36)20(14-30)19(13-29)25(9-23(33)34)7-17-3-1-16(12-28)6-22(17)32;/h1-6,19-20,27-32H,7-14H2,(H,33,34)(H,35,36);/q;+2/t19-,20?;/m1./s1. The van der Waals surface area contributed by atoms with Crippen LogP contribution in [-0.2, 0) is 53.0 Å². The minimum absolute atomic E-state index is 0. The van der Waals surface area contributed by atoms with Crippen molar-refractivity contribution in [1.29, 1.82) is 0 Å². The molecule has 2 aromatic rings. The van der Waals surface area contributed by atoms with Crippen LogP contribution < -0.4 is 0 Å². The number of rotatable bonds is 15. The van der Waals surface area contributed by atoms with E-state index >= 15 is 0 Å². The number of benzene rings is 2. The molecule has 37 heavy (non-hydrogen) atoms. The smallest absolute Gasteiger partial charge is 0.508 e. The summed E-state index contributed by atoms with van der Waals surface area (Å²) in [6.45, 7) is -3.52. The van der Waals surface area contributed by atoms with Crippen LogP contribution in [0, 0.1) is 0 Å². The Bertz CT molecular complexity index is 1040. The Morgan fingerprint density at radius 1 is 0.676 bits per heavy atom. The molecule has 2 atom stereocenters. The average Bonchev–Trinajstić information content (AvgIpc) is 2.83. The number of phenolic OH excluding ortho intramolecular Hbond substituents is 2. The van der Waals surface area contributed by atoms with Crippen molar-refractivity contribution in [2.75, 3.05) is 26.3 Å². The van der Waals surface area contributed by atoms with Gasteiger partial charge in [0.1, 0.15) is 11.5 Å². The molecule has 0 spiro atoms. The van der Waals surface area contributed by atoms with Crippen LogP contribution in [0.3, 0.4) is 0 Å². The zero-order valence-corrected chi connectivity index (χ0v) is 21.0. The van der Waals surface area contributed by atoms with Crippen molar-refractivity contribution in [3.05, 3.63) is 58.7 Å². The van der Waals surface area contributed by atoms with E-state index in [4.69, 9.17) is 0 Å². The van der Waals surface area contributed by atoms with Gasteiger partial charge in [0.25, 0.3) is 0 Å². The van der Waals surface area contributed by atoms with E-state index in [9.17, 15) is 50.4 Å². The maximum Gasteiger partial charge on any atom is 2.00 e. The van der Waals surface area contributed by atoms with Crippen LogP contribution in [0.5, 0.6) is 11.5 Å². The zero-order chi connectivity index (χ0) is 26.8. The van der Waals surface area contributed by atoms with E-state index in [1.807, 2.05) is 0 Å². The zero-order valence-electron chi connectivity index (χ0n) is 19.9. The van der Waals surface area contributed by atoms with Gasteiger partial charge in [-0.2, -0.15) is 0 Å². The third-order valence-electron chi connectivity index (χ3n) is 5.84. The summed E-state index contributed by atoms with van der Waals surface area (Å²) in [4.78, 5) is 25.8. The van der Waals surface area contributed by atoms with Crippen molar-refractivity contribution in [3.8, 4) is 11.5 Å². The number of carboxylic acids is 2. The van der Waals surface area contributed by atoms with E-state index < -0.39 is 50.3 Å². The minimum atomic E-state index is -1.26. The molecule has 2 aromatic carbocycles. The van der Waals surface area contributed by atoms with Crippen LogP contribution in [0.1, 0.15) is 22.3 Å². The minimum Gasteiger partial charge on any atom is -0.508 e. The van der Waals surface area contributed by atoms with E-state index in [1.54, 1.807) is 6.07 Å². The molecule has 8 N–H and O–H groups in total. The van der Waals surface area contributed by atoms with Crippen LogP contribution in [0.4, 0.5) is 0 Å². The molecule has 0 radical (unpaired) electrons. The number of hydrogen-bond acceptors (Lipinski definition) is 10. The first kappa shape index (κ1) is 32.3. The number of aromatic hydroxyl groups is 2. The number of hydrogen-bond donors (Lipinski definition) is 8. The number of phenols is 2. The van der Waals surface area contributed by atoms with Crippen LogP contribution in [0.2, 0.25) is 0 Å². The topological polar surface area (TPSA) is 202 Å². The molecule has 0 fully saturated rings. The van der Waals surface area contributed by atoms with E-state index in [2.05, 4.69) is 0 Å². The number of carbonyl (C=O) groups is 2. The number of aliphatic carboxylic acids is 2. The molecule has 0 saturated carbocycles. The van der Waals surface area contributed by atoms with Gasteiger partial charge in [0.2, 0.25) is 0 Å². The SMILES string of the molecule is O=C(O)CN(Cc1cc(CO)ccc1O)C(CO)[C@@H](CO)N(CC(=O)O)Cc1ccc(CO)cc1O.[Fe+2]. The van der Waals surface area contributed by atoms with Crippen LogP contribution in [-0.4, -0.2) is 101 Å². The van der Waals surface area contributed by atoms with Crippen molar-refractivity contribution >= 4 is 11.9 Å². The molecule has 12 nitrogen and oxygen atoms in total. The fourth-order valence-corrected chi connectivity index (χ4v) is 4.03. The maximum absolute atomic E-state index is 11.6.